The zero-order valence-corrected chi connectivity index (χ0v) is 17.0. The minimum atomic E-state index is -0.448. The van der Waals surface area contributed by atoms with E-state index >= 15 is 0 Å². The lowest BCUT2D eigenvalue weighted by molar-refractivity contribution is 0.233. The van der Waals surface area contributed by atoms with Crippen molar-refractivity contribution in [3.05, 3.63) is 81.8 Å². The maximum absolute atomic E-state index is 12.4. The van der Waals surface area contributed by atoms with Crippen molar-refractivity contribution >= 4 is 17.9 Å². The molecule has 0 radical (unpaired) electrons. The van der Waals surface area contributed by atoms with Gasteiger partial charge < -0.3 is 9.32 Å². The number of aliphatic imine (C=N–C) groups is 1. The fourth-order valence-corrected chi connectivity index (χ4v) is 4.13. The van der Waals surface area contributed by atoms with Crippen LogP contribution in [-0.4, -0.2) is 26.0 Å². The minimum Gasteiger partial charge on any atom is -0.390 e. The van der Waals surface area contributed by atoms with Gasteiger partial charge in [0.25, 0.3) is 0 Å². The average Bonchev–Trinajstić information content (AvgIpc) is 3.09. The second-order valence-electron chi connectivity index (χ2n) is 7.91. The molecule has 1 fully saturated rings. The molecule has 0 amide bonds. The molecule has 1 aliphatic heterocycles. The highest BCUT2D eigenvalue weighted by Crippen LogP contribution is 2.43. The lowest BCUT2D eigenvalue weighted by Gasteiger charge is -2.34. The summed E-state index contributed by atoms with van der Waals surface area (Å²) in [6.45, 7) is 6.42. The van der Waals surface area contributed by atoms with Crippen LogP contribution in [0.25, 0.3) is 5.70 Å². The molecule has 0 atom stereocenters. The topological polar surface area (TPSA) is 100 Å². The van der Waals surface area contributed by atoms with Crippen molar-refractivity contribution in [1.82, 2.24) is 19.7 Å². The molecule has 0 N–H and O–H groups in total. The third-order valence-corrected chi connectivity index (χ3v) is 5.98. The van der Waals surface area contributed by atoms with Crippen molar-refractivity contribution in [3.8, 4) is 6.07 Å². The Morgan fingerprint density at radius 1 is 1.26 bits per heavy atom. The van der Waals surface area contributed by atoms with Crippen molar-refractivity contribution in [2.75, 3.05) is 0 Å². The molecule has 1 aliphatic carbocycles. The molecule has 0 bridgehead atoms. The Bertz CT molecular complexity index is 1290. The summed E-state index contributed by atoms with van der Waals surface area (Å²) in [4.78, 5) is 22.9. The Kier molecular flexibility index (Phi) is 4.51. The van der Waals surface area contributed by atoms with Gasteiger partial charge in [-0.25, -0.2) is 14.8 Å². The summed E-state index contributed by atoms with van der Waals surface area (Å²) >= 11 is 0. The Morgan fingerprint density at radius 3 is 2.77 bits per heavy atom. The van der Waals surface area contributed by atoms with Gasteiger partial charge in [-0.05, 0) is 55.0 Å². The number of nitrogens with zero attached hydrogens (tertiary/aromatic N) is 6. The molecular formula is C23H20N6O2. The molecule has 5 rings (SSSR count). The fourth-order valence-electron chi connectivity index (χ4n) is 4.13. The molecule has 0 unspecified atom stereocenters. The number of fused-ring (bicyclic) bond motifs is 1. The van der Waals surface area contributed by atoms with Crippen LogP contribution in [0.4, 0.5) is 5.82 Å². The summed E-state index contributed by atoms with van der Waals surface area (Å²) < 4.78 is 6.86. The van der Waals surface area contributed by atoms with Gasteiger partial charge in [-0.2, -0.15) is 9.94 Å². The van der Waals surface area contributed by atoms with Crippen molar-refractivity contribution in [2.45, 2.75) is 38.3 Å². The Labute approximate surface area is 178 Å². The molecule has 0 spiro atoms. The number of hydrogen-bond acceptors (Lipinski definition) is 7. The van der Waals surface area contributed by atoms with E-state index in [4.69, 9.17) is 9.68 Å². The first-order chi connectivity index (χ1) is 15.0. The van der Waals surface area contributed by atoms with Crippen LogP contribution in [0.1, 0.15) is 52.9 Å². The van der Waals surface area contributed by atoms with E-state index in [0.29, 0.717) is 23.2 Å². The van der Waals surface area contributed by atoms with Crippen LogP contribution < -0.4 is 5.76 Å². The van der Waals surface area contributed by atoms with Crippen LogP contribution in [0.3, 0.4) is 0 Å². The largest absolute Gasteiger partial charge is 0.437 e. The molecule has 0 saturated heterocycles. The van der Waals surface area contributed by atoms with Gasteiger partial charge in [0.15, 0.2) is 5.82 Å². The zero-order valence-electron chi connectivity index (χ0n) is 17.0. The summed E-state index contributed by atoms with van der Waals surface area (Å²) in [5.41, 5.74) is 4.49. The first-order valence-electron chi connectivity index (χ1n) is 10.1. The number of aromatic nitrogens is 3. The van der Waals surface area contributed by atoms with Crippen LogP contribution in [-0.2, 0) is 6.54 Å². The lowest BCUT2D eigenvalue weighted by atomic mass is 9.76. The SMILES string of the molecule is C=C1c2c(C)ccnc2N=CN1Cc1nn([C@H]2C[C@H](c3ccc(C#N)cc3)C2)c(=O)o1. The van der Waals surface area contributed by atoms with E-state index in [1.807, 2.05) is 42.2 Å². The average molecular weight is 412 g/mol. The van der Waals surface area contributed by atoms with Gasteiger partial charge in [0.05, 0.1) is 24.0 Å². The summed E-state index contributed by atoms with van der Waals surface area (Å²) in [6.07, 6.45) is 4.99. The van der Waals surface area contributed by atoms with Crippen LogP contribution in [0.15, 0.2) is 57.3 Å². The number of hydrogen-bond donors (Lipinski definition) is 0. The maximum atomic E-state index is 12.4. The van der Waals surface area contributed by atoms with Crippen molar-refractivity contribution < 1.29 is 4.42 Å². The molecule has 1 aromatic carbocycles. The standard InChI is InChI=1S/C23H20N6O2/c1-14-7-8-25-22-21(14)15(2)28(13-26-22)12-20-27-29(23(30)31-20)19-9-18(10-19)17-5-3-16(11-24)4-6-17/h3-8,13,18-19H,2,9-10,12H2,1H3/t18-,19-. The van der Waals surface area contributed by atoms with Crippen LogP contribution in [0.5, 0.6) is 0 Å². The number of pyridine rings is 1. The molecule has 2 aliphatic rings. The molecule has 31 heavy (non-hydrogen) atoms. The van der Waals surface area contributed by atoms with Gasteiger partial charge in [-0.3, -0.25) is 0 Å². The number of benzene rings is 1. The molecule has 3 heterocycles. The second kappa shape index (κ2) is 7.36. The third kappa shape index (κ3) is 3.34. The normalized spacial score (nSPS) is 19.6. The first-order valence-corrected chi connectivity index (χ1v) is 10.1. The van der Waals surface area contributed by atoms with E-state index in [1.54, 1.807) is 12.5 Å². The molecule has 8 nitrogen and oxygen atoms in total. The molecule has 154 valence electrons. The third-order valence-electron chi connectivity index (χ3n) is 5.98. The van der Waals surface area contributed by atoms with E-state index in [1.165, 1.54) is 10.2 Å². The Balaban J connectivity index is 1.28. The van der Waals surface area contributed by atoms with Gasteiger partial charge in [0, 0.05) is 17.5 Å². The fraction of sp³-hybridized carbons (Fsp3) is 0.261. The Morgan fingerprint density at radius 2 is 2.03 bits per heavy atom. The second-order valence-corrected chi connectivity index (χ2v) is 7.91. The van der Waals surface area contributed by atoms with Crippen LogP contribution in [0.2, 0.25) is 0 Å². The highest BCUT2D eigenvalue weighted by atomic mass is 16.4. The predicted octanol–water partition coefficient (Wildman–Crippen LogP) is 3.68. The van der Waals surface area contributed by atoms with Gasteiger partial charge in [-0.1, -0.05) is 18.7 Å². The lowest BCUT2D eigenvalue weighted by Crippen LogP contribution is -2.32. The highest BCUT2D eigenvalue weighted by Gasteiger charge is 2.34. The van der Waals surface area contributed by atoms with Crippen LogP contribution in [0, 0.1) is 18.3 Å². The first kappa shape index (κ1) is 19.0. The zero-order chi connectivity index (χ0) is 21.5. The van der Waals surface area contributed by atoms with Crippen LogP contribution >= 0.6 is 0 Å². The monoisotopic (exact) mass is 412 g/mol. The van der Waals surface area contributed by atoms with E-state index in [-0.39, 0.29) is 12.6 Å². The van der Waals surface area contributed by atoms with E-state index in [0.717, 1.165) is 29.7 Å². The number of nitriles is 1. The summed E-state index contributed by atoms with van der Waals surface area (Å²) in [5, 5.41) is 13.4. The van der Waals surface area contributed by atoms with E-state index < -0.39 is 5.76 Å². The smallest absolute Gasteiger partial charge is 0.390 e. The summed E-state index contributed by atoms with van der Waals surface area (Å²) in [6, 6.07) is 11.7. The minimum absolute atomic E-state index is 0.0102. The highest BCUT2D eigenvalue weighted by molar-refractivity contribution is 5.86. The number of rotatable bonds is 4. The molecule has 8 heteroatoms. The maximum Gasteiger partial charge on any atom is 0.437 e. The van der Waals surface area contributed by atoms with Gasteiger partial charge in [-0.15, -0.1) is 5.10 Å². The quantitative estimate of drug-likeness (QED) is 0.648. The summed E-state index contributed by atoms with van der Waals surface area (Å²) in [7, 11) is 0. The molecule has 1 saturated carbocycles. The Hall–Kier alpha value is -3.99. The van der Waals surface area contributed by atoms with Crippen molar-refractivity contribution in [1.29, 1.82) is 5.26 Å². The molecular weight excluding hydrogens is 392 g/mol. The van der Waals surface area contributed by atoms with Crippen molar-refractivity contribution in [3.63, 3.8) is 0 Å². The van der Waals surface area contributed by atoms with Crippen molar-refractivity contribution in [2.24, 2.45) is 4.99 Å². The van der Waals surface area contributed by atoms with E-state index in [2.05, 4.69) is 27.7 Å². The van der Waals surface area contributed by atoms with Gasteiger partial charge in [0.1, 0.15) is 6.54 Å². The summed E-state index contributed by atoms with van der Waals surface area (Å²) in [5.74, 6) is 0.864. The molecule has 3 aromatic rings. The van der Waals surface area contributed by atoms with E-state index in [9.17, 15) is 4.79 Å². The molecule has 2 aromatic heterocycles. The van der Waals surface area contributed by atoms with Gasteiger partial charge >= 0.3 is 5.76 Å². The van der Waals surface area contributed by atoms with Gasteiger partial charge in [0.2, 0.25) is 5.89 Å². The number of aryl methyl sites for hydroxylation is 1. The predicted molar refractivity (Wildman–Crippen MR) is 115 cm³/mol.